The summed E-state index contributed by atoms with van der Waals surface area (Å²) in [6.07, 6.45) is 3.99. The third-order valence-corrected chi connectivity index (χ3v) is 4.21. The van der Waals surface area contributed by atoms with E-state index in [2.05, 4.69) is 20.7 Å². The van der Waals surface area contributed by atoms with Gasteiger partial charge in [0.05, 0.1) is 39.5 Å². The average molecular weight is 353 g/mol. The van der Waals surface area contributed by atoms with Gasteiger partial charge in [-0.3, -0.25) is 4.55 Å². The standard InChI is InChI=1S/C15H29NO5S.H2O/c1-14(2)15(17)21-12-8-7-11-16(3,4)10-6-5-9-13-22(18,19)20;/h1,5-13H2,2-4H3;1H2. The number of nitrogens with zero attached hydrogens (tertiary/aromatic N) is 1. The monoisotopic (exact) mass is 353 g/mol. The lowest BCUT2D eigenvalue weighted by molar-refractivity contribution is -0.890. The summed E-state index contributed by atoms with van der Waals surface area (Å²) in [4.78, 5) is 11.2. The summed E-state index contributed by atoms with van der Waals surface area (Å²) in [5.74, 6) is -0.498. The number of carbonyl (C=O) groups is 1. The molecule has 0 rings (SSSR count). The van der Waals surface area contributed by atoms with Crippen LogP contribution in [-0.2, 0) is 19.6 Å². The molecule has 0 saturated heterocycles. The number of esters is 1. The molecule has 8 heteroatoms. The summed E-state index contributed by atoms with van der Waals surface area (Å²) < 4.78 is 35.7. The van der Waals surface area contributed by atoms with Crippen LogP contribution in [0.2, 0.25) is 0 Å². The van der Waals surface area contributed by atoms with E-state index in [0.717, 1.165) is 43.3 Å². The topological polar surface area (TPSA) is 111 Å². The molecule has 7 nitrogen and oxygen atoms in total. The van der Waals surface area contributed by atoms with E-state index in [9.17, 15) is 13.2 Å². The number of quaternary nitrogens is 1. The van der Waals surface area contributed by atoms with Gasteiger partial charge in [-0.15, -0.1) is 0 Å². The number of rotatable bonds is 12. The molecule has 0 fully saturated rings. The Balaban J connectivity index is 0. The minimum Gasteiger partial charge on any atom is -0.870 e. The van der Waals surface area contributed by atoms with Crippen molar-refractivity contribution in [3.05, 3.63) is 12.2 Å². The van der Waals surface area contributed by atoms with Gasteiger partial charge in [0.2, 0.25) is 0 Å². The highest BCUT2D eigenvalue weighted by Gasteiger charge is 2.14. The second kappa shape index (κ2) is 11.6. The first-order valence-corrected chi connectivity index (χ1v) is 9.24. The van der Waals surface area contributed by atoms with E-state index >= 15 is 0 Å². The summed E-state index contributed by atoms with van der Waals surface area (Å²) in [7, 11) is 0.429. The average Bonchev–Trinajstić information content (AvgIpc) is 2.35. The van der Waals surface area contributed by atoms with Gasteiger partial charge >= 0.3 is 5.97 Å². The molecule has 0 radical (unpaired) electrons. The van der Waals surface area contributed by atoms with Gasteiger partial charge in [-0.2, -0.15) is 8.42 Å². The van der Waals surface area contributed by atoms with E-state index in [-0.39, 0.29) is 17.2 Å². The van der Waals surface area contributed by atoms with Crippen LogP contribution in [-0.4, -0.2) is 68.4 Å². The van der Waals surface area contributed by atoms with E-state index in [0.29, 0.717) is 18.6 Å². The number of hydrogen-bond acceptors (Lipinski definition) is 5. The maximum Gasteiger partial charge on any atom is 0.333 e. The van der Waals surface area contributed by atoms with Crippen LogP contribution in [0.5, 0.6) is 0 Å². The van der Waals surface area contributed by atoms with Gasteiger partial charge in [-0.05, 0) is 39.0 Å². The molecule has 0 unspecified atom stereocenters. The summed E-state index contributed by atoms with van der Waals surface area (Å²) in [5, 5.41) is 0. The first-order valence-electron chi connectivity index (χ1n) is 7.63. The zero-order chi connectivity index (χ0) is 17.2. The second-order valence-electron chi connectivity index (χ2n) is 6.35. The lowest BCUT2D eigenvalue weighted by Gasteiger charge is -2.29. The van der Waals surface area contributed by atoms with Crippen molar-refractivity contribution >= 4 is 16.1 Å². The molecule has 0 aliphatic rings. The van der Waals surface area contributed by atoms with Gasteiger partial charge in [0.1, 0.15) is 0 Å². The number of ether oxygens (including phenoxy) is 1. The fourth-order valence-corrected chi connectivity index (χ4v) is 2.61. The molecule has 0 aliphatic heterocycles. The number of hydrogen-bond donors (Lipinski definition) is 1. The molecule has 0 saturated carbocycles. The Kier molecular flexibility index (Phi) is 12.2. The van der Waals surface area contributed by atoms with Gasteiger partial charge < -0.3 is 14.7 Å². The van der Waals surface area contributed by atoms with Crippen molar-refractivity contribution in [2.75, 3.05) is 39.5 Å². The van der Waals surface area contributed by atoms with Crippen LogP contribution >= 0.6 is 0 Å². The Bertz CT molecular complexity index is 459. The molecule has 0 aromatic carbocycles. The first-order chi connectivity index (χ1) is 10.0. The van der Waals surface area contributed by atoms with E-state index in [1.54, 1.807) is 6.92 Å². The molecule has 0 aromatic rings. The Morgan fingerprint density at radius 3 is 2.09 bits per heavy atom. The van der Waals surface area contributed by atoms with Crippen molar-refractivity contribution in [1.82, 2.24) is 0 Å². The SMILES string of the molecule is C=C(C)C(=O)OCCCC[N+](C)(C)CCCCCS(=O)(=O)O.[OH-]. The molecule has 0 bridgehead atoms. The van der Waals surface area contributed by atoms with Gasteiger partial charge in [-0.25, -0.2) is 4.79 Å². The molecule has 0 amide bonds. The molecule has 138 valence electrons. The highest BCUT2D eigenvalue weighted by molar-refractivity contribution is 7.85. The number of carbonyl (C=O) groups excluding carboxylic acids is 1. The lowest BCUT2D eigenvalue weighted by atomic mass is 10.2. The normalized spacial score (nSPS) is 11.7. The summed E-state index contributed by atoms with van der Waals surface area (Å²) >= 11 is 0. The highest BCUT2D eigenvalue weighted by Crippen LogP contribution is 2.07. The van der Waals surface area contributed by atoms with Crippen LogP contribution < -0.4 is 0 Å². The zero-order valence-electron chi connectivity index (χ0n) is 14.5. The minimum absolute atomic E-state index is 0. The summed E-state index contributed by atoms with van der Waals surface area (Å²) in [6, 6.07) is 0. The molecular formula is C15H31NO6S. The molecule has 0 aromatic heterocycles. The molecule has 0 atom stereocenters. The first kappa shape index (κ1) is 24.3. The van der Waals surface area contributed by atoms with Crippen LogP contribution in [0.15, 0.2) is 12.2 Å². The Hall–Kier alpha value is -0.960. The third kappa shape index (κ3) is 15.7. The lowest BCUT2D eigenvalue weighted by Crippen LogP contribution is -2.41. The highest BCUT2D eigenvalue weighted by atomic mass is 32.2. The predicted octanol–water partition coefficient (Wildman–Crippen LogP) is 1.84. The van der Waals surface area contributed by atoms with Crippen LogP contribution in [0.4, 0.5) is 0 Å². The second-order valence-corrected chi connectivity index (χ2v) is 7.93. The van der Waals surface area contributed by atoms with E-state index in [4.69, 9.17) is 9.29 Å². The van der Waals surface area contributed by atoms with E-state index in [1.807, 2.05) is 0 Å². The third-order valence-electron chi connectivity index (χ3n) is 3.41. The fraction of sp³-hybridized carbons (Fsp3) is 0.800. The van der Waals surface area contributed by atoms with Gasteiger partial charge in [0.25, 0.3) is 10.1 Å². The summed E-state index contributed by atoms with van der Waals surface area (Å²) in [6.45, 7) is 7.50. The molecule has 0 heterocycles. The molecular weight excluding hydrogens is 322 g/mol. The number of unbranched alkanes of at least 4 members (excludes halogenated alkanes) is 3. The van der Waals surface area contributed by atoms with Gasteiger partial charge in [-0.1, -0.05) is 6.58 Å². The quantitative estimate of drug-likeness (QED) is 0.188. The fourth-order valence-electron chi connectivity index (χ4n) is 2.04. The Morgan fingerprint density at radius 2 is 1.61 bits per heavy atom. The van der Waals surface area contributed by atoms with Gasteiger partial charge in [0, 0.05) is 5.57 Å². The maximum absolute atomic E-state index is 11.2. The van der Waals surface area contributed by atoms with Crippen molar-refractivity contribution in [2.45, 2.75) is 39.0 Å². The Morgan fingerprint density at radius 1 is 1.09 bits per heavy atom. The van der Waals surface area contributed by atoms with E-state index < -0.39 is 10.1 Å². The van der Waals surface area contributed by atoms with Crippen molar-refractivity contribution in [2.24, 2.45) is 0 Å². The van der Waals surface area contributed by atoms with Crippen LogP contribution in [0.25, 0.3) is 0 Å². The van der Waals surface area contributed by atoms with E-state index in [1.165, 1.54) is 0 Å². The van der Waals surface area contributed by atoms with Crippen molar-refractivity contribution in [3.8, 4) is 0 Å². The molecule has 0 spiro atoms. The minimum atomic E-state index is -3.83. The molecule has 0 aliphatic carbocycles. The molecule has 23 heavy (non-hydrogen) atoms. The van der Waals surface area contributed by atoms with Crippen molar-refractivity contribution < 1.29 is 32.5 Å². The van der Waals surface area contributed by atoms with Crippen LogP contribution in [0.3, 0.4) is 0 Å². The summed E-state index contributed by atoms with van der Waals surface area (Å²) in [5.41, 5.74) is 0.418. The smallest absolute Gasteiger partial charge is 0.333 e. The van der Waals surface area contributed by atoms with Gasteiger partial charge in [0.15, 0.2) is 0 Å². The predicted molar refractivity (Wildman–Crippen MR) is 89.1 cm³/mol. The Labute approximate surface area is 140 Å². The van der Waals surface area contributed by atoms with Crippen LogP contribution in [0, 0.1) is 0 Å². The van der Waals surface area contributed by atoms with Crippen molar-refractivity contribution in [3.63, 3.8) is 0 Å². The van der Waals surface area contributed by atoms with Crippen LogP contribution in [0.1, 0.15) is 39.0 Å². The maximum atomic E-state index is 11.2. The molecule has 2 N–H and O–H groups in total. The van der Waals surface area contributed by atoms with Crippen molar-refractivity contribution in [1.29, 1.82) is 0 Å². The zero-order valence-corrected chi connectivity index (χ0v) is 15.3. The largest absolute Gasteiger partial charge is 0.870 e.